The Balaban J connectivity index is 1.98. The minimum atomic E-state index is -0.833. The lowest BCUT2D eigenvalue weighted by Crippen LogP contribution is -2.47. The fraction of sp³-hybridized carbons (Fsp3) is 0.385. The molecule has 2 rings (SSSR count). The number of halogens is 1. The Morgan fingerprint density at radius 2 is 2.11 bits per heavy atom. The van der Waals surface area contributed by atoms with Crippen LogP contribution in [0.5, 0.6) is 0 Å². The van der Waals surface area contributed by atoms with Crippen LogP contribution in [-0.2, 0) is 4.79 Å². The predicted molar refractivity (Wildman–Crippen MR) is 67.7 cm³/mol. The molecule has 0 aliphatic heterocycles. The van der Waals surface area contributed by atoms with E-state index in [0.717, 1.165) is 6.42 Å². The van der Waals surface area contributed by atoms with E-state index in [1.54, 1.807) is 24.3 Å². The second-order valence-corrected chi connectivity index (χ2v) is 5.07. The minimum absolute atomic E-state index is 0.174. The van der Waals surface area contributed by atoms with Gasteiger partial charge in [0, 0.05) is 17.1 Å². The van der Waals surface area contributed by atoms with Gasteiger partial charge in [0.15, 0.2) is 0 Å². The Morgan fingerprint density at radius 3 is 2.61 bits per heavy atom. The molecule has 0 atom stereocenters. The molecular formula is C13H14ClNO3. The second kappa shape index (κ2) is 4.98. The summed E-state index contributed by atoms with van der Waals surface area (Å²) in [6, 6.07) is 6.58. The molecule has 2 N–H and O–H groups in total. The first-order chi connectivity index (χ1) is 8.53. The molecule has 1 aromatic rings. The zero-order chi connectivity index (χ0) is 13.2. The van der Waals surface area contributed by atoms with Crippen molar-refractivity contribution in [3.8, 4) is 0 Å². The van der Waals surface area contributed by atoms with Crippen LogP contribution >= 0.6 is 11.6 Å². The Kier molecular flexibility index (Phi) is 3.57. The van der Waals surface area contributed by atoms with Crippen LogP contribution in [0.3, 0.4) is 0 Å². The van der Waals surface area contributed by atoms with Gasteiger partial charge in [-0.1, -0.05) is 24.1 Å². The number of aliphatic carboxylic acids is 1. The molecular weight excluding hydrogens is 254 g/mol. The molecule has 1 fully saturated rings. The SMILES string of the molecule is O=C(NCC1(C(=O)O)CCC1)c1cccc(Cl)c1. The summed E-state index contributed by atoms with van der Waals surface area (Å²) in [5, 5.41) is 12.3. The predicted octanol–water partition coefficient (Wildman–Crippen LogP) is 2.32. The van der Waals surface area contributed by atoms with Crippen LogP contribution in [0.4, 0.5) is 0 Å². The molecule has 1 saturated carbocycles. The number of rotatable bonds is 4. The van der Waals surface area contributed by atoms with Gasteiger partial charge in [0.25, 0.3) is 5.91 Å². The highest BCUT2D eigenvalue weighted by Gasteiger charge is 2.44. The number of nitrogens with one attached hydrogen (secondary N) is 1. The molecule has 1 aromatic carbocycles. The summed E-state index contributed by atoms with van der Waals surface area (Å²) in [4.78, 5) is 23.0. The molecule has 1 amide bonds. The van der Waals surface area contributed by atoms with E-state index in [9.17, 15) is 9.59 Å². The average Bonchev–Trinajstić information content (AvgIpc) is 2.26. The van der Waals surface area contributed by atoms with Gasteiger partial charge in [0.2, 0.25) is 0 Å². The topological polar surface area (TPSA) is 66.4 Å². The van der Waals surface area contributed by atoms with E-state index >= 15 is 0 Å². The summed E-state index contributed by atoms with van der Waals surface area (Å²) in [5.41, 5.74) is -0.323. The zero-order valence-electron chi connectivity index (χ0n) is 9.78. The van der Waals surface area contributed by atoms with E-state index in [1.165, 1.54) is 0 Å². The lowest BCUT2D eigenvalue weighted by atomic mass is 9.69. The lowest BCUT2D eigenvalue weighted by Gasteiger charge is -2.37. The van der Waals surface area contributed by atoms with Crippen LogP contribution in [0.15, 0.2) is 24.3 Å². The second-order valence-electron chi connectivity index (χ2n) is 4.63. The van der Waals surface area contributed by atoms with Crippen molar-refractivity contribution < 1.29 is 14.7 Å². The van der Waals surface area contributed by atoms with Gasteiger partial charge in [0.05, 0.1) is 5.41 Å². The number of carboxylic acids is 1. The van der Waals surface area contributed by atoms with Crippen molar-refractivity contribution >= 4 is 23.5 Å². The van der Waals surface area contributed by atoms with E-state index in [2.05, 4.69) is 5.32 Å². The summed E-state index contributed by atoms with van der Waals surface area (Å²) in [6.45, 7) is 0.174. The Hall–Kier alpha value is -1.55. The first kappa shape index (κ1) is 12.9. The smallest absolute Gasteiger partial charge is 0.311 e. The molecule has 18 heavy (non-hydrogen) atoms. The third-order valence-electron chi connectivity index (χ3n) is 3.44. The number of amides is 1. The van der Waals surface area contributed by atoms with Gasteiger partial charge in [-0.05, 0) is 31.0 Å². The van der Waals surface area contributed by atoms with Crippen LogP contribution in [0.1, 0.15) is 29.6 Å². The van der Waals surface area contributed by atoms with E-state index in [1.807, 2.05) is 0 Å². The number of carbonyl (C=O) groups excluding carboxylic acids is 1. The molecule has 1 aliphatic carbocycles. The average molecular weight is 268 g/mol. The van der Waals surface area contributed by atoms with E-state index in [-0.39, 0.29) is 12.5 Å². The van der Waals surface area contributed by atoms with E-state index < -0.39 is 11.4 Å². The van der Waals surface area contributed by atoms with Gasteiger partial charge >= 0.3 is 5.97 Å². The maximum absolute atomic E-state index is 11.8. The van der Waals surface area contributed by atoms with Crippen molar-refractivity contribution in [3.05, 3.63) is 34.9 Å². The normalized spacial score (nSPS) is 16.7. The maximum Gasteiger partial charge on any atom is 0.311 e. The van der Waals surface area contributed by atoms with Gasteiger partial charge in [-0.2, -0.15) is 0 Å². The van der Waals surface area contributed by atoms with Gasteiger partial charge in [-0.3, -0.25) is 9.59 Å². The minimum Gasteiger partial charge on any atom is -0.481 e. The summed E-state index contributed by atoms with van der Waals surface area (Å²) >= 11 is 5.79. The number of hydrogen-bond donors (Lipinski definition) is 2. The summed E-state index contributed by atoms with van der Waals surface area (Å²) in [5.74, 6) is -1.12. The molecule has 0 spiro atoms. The molecule has 5 heteroatoms. The molecule has 0 unspecified atom stereocenters. The highest BCUT2D eigenvalue weighted by molar-refractivity contribution is 6.30. The Bertz CT molecular complexity index is 483. The van der Waals surface area contributed by atoms with Gasteiger partial charge < -0.3 is 10.4 Å². The highest BCUT2D eigenvalue weighted by Crippen LogP contribution is 2.40. The monoisotopic (exact) mass is 267 g/mol. The van der Waals surface area contributed by atoms with Crippen molar-refractivity contribution in [2.24, 2.45) is 5.41 Å². The summed E-state index contributed by atoms with van der Waals surface area (Å²) in [6.07, 6.45) is 2.15. The first-order valence-corrected chi connectivity index (χ1v) is 6.18. The molecule has 0 saturated heterocycles. The zero-order valence-corrected chi connectivity index (χ0v) is 10.5. The van der Waals surface area contributed by atoms with Gasteiger partial charge in [0.1, 0.15) is 0 Å². The number of carboxylic acid groups (broad SMARTS) is 1. The fourth-order valence-corrected chi connectivity index (χ4v) is 2.24. The maximum atomic E-state index is 11.8. The fourth-order valence-electron chi connectivity index (χ4n) is 2.05. The molecule has 0 radical (unpaired) electrons. The van der Waals surface area contributed by atoms with Crippen molar-refractivity contribution in [2.45, 2.75) is 19.3 Å². The molecule has 0 bridgehead atoms. The van der Waals surface area contributed by atoms with Crippen molar-refractivity contribution in [1.82, 2.24) is 5.32 Å². The molecule has 0 heterocycles. The number of hydrogen-bond acceptors (Lipinski definition) is 2. The molecule has 4 nitrogen and oxygen atoms in total. The number of carbonyl (C=O) groups is 2. The first-order valence-electron chi connectivity index (χ1n) is 5.81. The Morgan fingerprint density at radius 1 is 1.39 bits per heavy atom. The van der Waals surface area contributed by atoms with Crippen LogP contribution in [0.25, 0.3) is 0 Å². The van der Waals surface area contributed by atoms with Gasteiger partial charge in [-0.25, -0.2) is 0 Å². The molecule has 1 aliphatic rings. The third-order valence-corrected chi connectivity index (χ3v) is 3.67. The summed E-state index contributed by atoms with van der Waals surface area (Å²) < 4.78 is 0. The highest BCUT2D eigenvalue weighted by atomic mass is 35.5. The number of benzene rings is 1. The standard InChI is InChI=1S/C13H14ClNO3/c14-10-4-1-3-9(7-10)11(16)15-8-13(12(17)18)5-2-6-13/h1,3-4,7H,2,5-6,8H2,(H,15,16)(H,17,18). The van der Waals surface area contributed by atoms with Crippen LogP contribution in [-0.4, -0.2) is 23.5 Å². The molecule has 96 valence electrons. The van der Waals surface area contributed by atoms with Crippen molar-refractivity contribution in [2.75, 3.05) is 6.54 Å². The molecule has 0 aromatic heterocycles. The van der Waals surface area contributed by atoms with Crippen LogP contribution in [0.2, 0.25) is 5.02 Å². The van der Waals surface area contributed by atoms with Crippen molar-refractivity contribution in [3.63, 3.8) is 0 Å². The van der Waals surface area contributed by atoms with Crippen LogP contribution < -0.4 is 5.32 Å². The van der Waals surface area contributed by atoms with Gasteiger partial charge in [-0.15, -0.1) is 0 Å². The van der Waals surface area contributed by atoms with E-state index in [0.29, 0.717) is 23.4 Å². The van der Waals surface area contributed by atoms with Crippen molar-refractivity contribution in [1.29, 1.82) is 0 Å². The largest absolute Gasteiger partial charge is 0.481 e. The quantitative estimate of drug-likeness (QED) is 0.880. The lowest BCUT2D eigenvalue weighted by molar-refractivity contribution is -0.153. The summed E-state index contributed by atoms with van der Waals surface area (Å²) in [7, 11) is 0. The van der Waals surface area contributed by atoms with E-state index in [4.69, 9.17) is 16.7 Å². The third kappa shape index (κ3) is 2.48. The Labute approximate surface area is 110 Å². The van der Waals surface area contributed by atoms with Crippen LogP contribution in [0, 0.1) is 5.41 Å².